The van der Waals surface area contributed by atoms with Crippen LogP contribution in [0.15, 0.2) is 30.3 Å². The predicted octanol–water partition coefficient (Wildman–Crippen LogP) is 5.88. The summed E-state index contributed by atoms with van der Waals surface area (Å²) in [6.45, 7) is 12.6. The van der Waals surface area contributed by atoms with Gasteiger partial charge in [0.2, 0.25) is 0 Å². The van der Waals surface area contributed by atoms with Gasteiger partial charge in [0.05, 0.1) is 11.6 Å². The minimum absolute atomic E-state index is 0.751. The summed E-state index contributed by atoms with van der Waals surface area (Å²) >= 11 is 0. The number of nitrogens with zero attached hydrogens (tertiary/aromatic N) is 1. The average Bonchev–Trinajstić information content (AvgIpc) is 2.43. The Balaban J connectivity index is 0.000000677. The molecule has 0 aliphatic rings. The van der Waals surface area contributed by atoms with E-state index in [9.17, 15) is 0 Å². The number of aryl methyl sites for hydroxylation is 3. The summed E-state index contributed by atoms with van der Waals surface area (Å²) in [5, 5.41) is 8.97. The Hall–Kier alpha value is -2.07. The summed E-state index contributed by atoms with van der Waals surface area (Å²) in [5.74, 6) is 0. The summed E-state index contributed by atoms with van der Waals surface area (Å²) in [6, 6.07) is 12.7. The maximum Gasteiger partial charge on any atom is 0.0994 e. The molecule has 0 bridgehead atoms. The second-order valence-electron chi connectivity index (χ2n) is 5.60. The molecule has 0 N–H and O–H groups in total. The molecule has 0 heterocycles. The number of nitriles is 1. The lowest BCUT2D eigenvalue weighted by Crippen LogP contribution is -1.91. The summed E-state index contributed by atoms with van der Waals surface area (Å²) in [4.78, 5) is 0. The van der Waals surface area contributed by atoms with Crippen LogP contribution < -0.4 is 0 Å². The maximum atomic E-state index is 8.97. The fourth-order valence-electron chi connectivity index (χ4n) is 2.30. The zero-order chi connectivity index (χ0) is 16.0. The van der Waals surface area contributed by atoms with Crippen molar-refractivity contribution in [3.05, 3.63) is 58.1 Å². The van der Waals surface area contributed by atoms with Crippen molar-refractivity contribution in [2.75, 3.05) is 0 Å². The quantitative estimate of drug-likeness (QED) is 0.640. The smallest absolute Gasteiger partial charge is 0.0994 e. The monoisotopic (exact) mass is 279 g/mol. The normalized spacial score (nSPS) is 9.57. The molecule has 0 aromatic heterocycles. The molecule has 0 saturated carbocycles. The van der Waals surface area contributed by atoms with Crippen LogP contribution in [0, 0.1) is 39.0 Å². The predicted molar refractivity (Wildman–Crippen MR) is 91.5 cm³/mol. The number of rotatable bonds is 1. The van der Waals surface area contributed by atoms with E-state index in [4.69, 9.17) is 5.26 Å². The minimum atomic E-state index is 0.751. The Bertz CT molecular complexity index is 660. The molecule has 2 rings (SSSR count). The van der Waals surface area contributed by atoms with Crippen molar-refractivity contribution in [2.45, 2.75) is 48.0 Å². The molecule has 0 saturated heterocycles. The molecule has 1 heteroatoms. The lowest BCUT2D eigenvalue weighted by molar-refractivity contribution is 1.09. The van der Waals surface area contributed by atoms with Crippen LogP contribution in [-0.2, 0) is 0 Å². The Morgan fingerprint density at radius 2 is 1.52 bits per heavy atom. The highest BCUT2D eigenvalue weighted by Crippen LogP contribution is 2.28. The van der Waals surface area contributed by atoms with E-state index >= 15 is 0 Å². The van der Waals surface area contributed by atoms with Crippen molar-refractivity contribution in [1.29, 1.82) is 5.26 Å². The highest BCUT2D eigenvalue weighted by atomic mass is 14.2. The summed E-state index contributed by atoms with van der Waals surface area (Å²) in [6.07, 6.45) is 1.25. The van der Waals surface area contributed by atoms with Gasteiger partial charge in [0.25, 0.3) is 0 Å². The van der Waals surface area contributed by atoms with E-state index in [1.54, 1.807) is 0 Å². The van der Waals surface area contributed by atoms with Crippen LogP contribution in [0.1, 0.15) is 48.1 Å². The third kappa shape index (κ3) is 4.20. The van der Waals surface area contributed by atoms with Gasteiger partial charge in [-0.25, -0.2) is 0 Å². The van der Waals surface area contributed by atoms with Gasteiger partial charge in [-0.05, 0) is 61.6 Å². The molecule has 0 radical (unpaired) electrons. The van der Waals surface area contributed by atoms with Crippen LogP contribution in [-0.4, -0.2) is 0 Å². The average molecular weight is 279 g/mol. The van der Waals surface area contributed by atoms with Crippen LogP contribution in [0.3, 0.4) is 0 Å². The number of benzene rings is 2. The number of hydrogen-bond donors (Lipinski definition) is 0. The van der Waals surface area contributed by atoms with Crippen LogP contribution >= 0.6 is 0 Å². The molecule has 1 nitrogen and oxygen atoms in total. The lowest BCUT2D eigenvalue weighted by Gasteiger charge is -2.12. The zero-order valence-corrected chi connectivity index (χ0v) is 14.0. The molecule has 0 spiro atoms. The molecule has 0 unspecified atom stereocenters. The van der Waals surface area contributed by atoms with Crippen molar-refractivity contribution >= 4 is 0 Å². The summed E-state index contributed by atoms with van der Waals surface area (Å²) < 4.78 is 0. The Kier molecular flexibility index (Phi) is 6.18. The van der Waals surface area contributed by atoms with Crippen LogP contribution in [0.2, 0.25) is 0 Å². The third-order valence-corrected chi connectivity index (χ3v) is 3.47. The first kappa shape index (κ1) is 17.0. The van der Waals surface area contributed by atoms with Gasteiger partial charge in [-0.1, -0.05) is 50.1 Å². The molecule has 0 atom stereocenters. The molecule has 2 aromatic rings. The first-order valence-corrected chi connectivity index (χ1v) is 7.53. The van der Waals surface area contributed by atoms with Crippen molar-refractivity contribution in [3.63, 3.8) is 0 Å². The molecule has 0 aliphatic heterocycles. The van der Waals surface area contributed by atoms with Crippen LogP contribution in [0.5, 0.6) is 0 Å². The first-order valence-electron chi connectivity index (χ1n) is 7.53. The van der Waals surface area contributed by atoms with Crippen LogP contribution in [0.25, 0.3) is 11.1 Å². The van der Waals surface area contributed by atoms with Gasteiger partial charge in [-0.3, -0.25) is 0 Å². The SMILES string of the molecule is CCC.Cc1cc(C)c(C)c(-c2ccc(C#N)c(C)c2)c1. The molecule has 0 amide bonds. The van der Waals surface area contributed by atoms with Gasteiger partial charge in [0, 0.05) is 0 Å². The fraction of sp³-hybridized carbons (Fsp3) is 0.350. The van der Waals surface area contributed by atoms with Gasteiger partial charge in [-0.2, -0.15) is 5.26 Å². The van der Waals surface area contributed by atoms with Crippen molar-refractivity contribution in [3.8, 4) is 17.2 Å². The molecule has 0 aliphatic carbocycles. The van der Waals surface area contributed by atoms with E-state index in [0.717, 1.165) is 11.1 Å². The van der Waals surface area contributed by atoms with E-state index in [1.165, 1.54) is 34.2 Å². The van der Waals surface area contributed by atoms with Gasteiger partial charge in [0.15, 0.2) is 0 Å². The third-order valence-electron chi connectivity index (χ3n) is 3.47. The van der Waals surface area contributed by atoms with E-state index < -0.39 is 0 Å². The molecule has 110 valence electrons. The van der Waals surface area contributed by atoms with Crippen molar-refractivity contribution < 1.29 is 0 Å². The molecule has 2 aromatic carbocycles. The Labute approximate surface area is 129 Å². The topological polar surface area (TPSA) is 23.8 Å². The largest absolute Gasteiger partial charge is 0.192 e. The van der Waals surface area contributed by atoms with Gasteiger partial charge < -0.3 is 0 Å². The standard InChI is InChI=1S/C17H17N.C3H8/c1-11-7-12(2)14(4)17(8-11)15-5-6-16(10-18)13(3)9-15;1-3-2/h5-9H,1-4H3;3H2,1-2H3. The molecule has 0 fully saturated rings. The summed E-state index contributed by atoms with van der Waals surface area (Å²) in [5.41, 5.74) is 8.14. The van der Waals surface area contributed by atoms with E-state index in [2.05, 4.69) is 58.9 Å². The van der Waals surface area contributed by atoms with Gasteiger partial charge in [0.1, 0.15) is 0 Å². The summed E-state index contributed by atoms with van der Waals surface area (Å²) in [7, 11) is 0. The lowest BCUT2D eigenvalue weighted by atomic mass is 9.93. The fourth-order valence-corrected chi connectivity index (χ4v) is 2.30. The van der Waals surface area contributed by atoms with E-state index in [-0.39, 0.29) is 0 Å². The van der Waals surface area contributed by atoms with Crippen molar-refractivity contribution in [1.82, 2.24) is 0 Å². The minimum Gasteiger partial charge on any atom is -0.192 e. The maximum absolute atomic E-state index is 8.97. The number of hydrogen-bond acceptors (Lipinski definition) is 1. The Morgan fingerprint density at radius 1 is 0.905 bits per heavy atom. The zero-order valence-electron chi connectivity index (χ0n) is 14.0. The highest BCUT2D eigenvalue weighted by molar-refractivity contribution is 5.70. The van der Waals surface area contributed by atoms with Crippen LogP contribution in [0.4, 0.5) is 0 Å². The van der Waals surface area contributed by atoms with Crippen molar-refractivity contribution in [2.24, 2.45) is 0 Å². The molecular weight excluding hydrogens is 254 g/mol. The van der Waals surface area contributed by atoms with E-state index in [0.29, 0.717) is 0 Å². The first-order chi connectivity index (χ1) is 9.94. The molecular formula is C20H25N. The van der Waals surface area contributed by atoms with E-state index in [1.807, 2.05) is 19.1 Å². The Morgan fingerprint density at radius 3 is 2.05 bits per heavy atom. The second-order valence-corrected chi connectivity index (χ2v) is 5.60. The van der Waals surface area contributed by atoms with Gasteiger partial charge >= 0.3 is 0 Å². The molecule has 21 heavy (non-hydrogen) atoms. The highest BCUT2D eigenvalue weighted by Gasteiger charge is 2.07. The van der Waals surface area contributed by atoms with Gasteiger partial charge in [-0.15, -0.1) is 0 Å². The second kappa shape index (κ2) is 7.64.